The van der Waals surface area contributed by atoms with Crippen molar-refractivity contribution in [2.45, 2.75) is 5.88 Å². The lowest BCUT2D eigenvalue weighted by molar-refractivity contribution is 1.39. The van der Waals surface area contributed by atoms with Crippen LogP contribution in [0.5, 0.6) is 0 Å². The lowest BCUT2D eigenvalue weighted by Crippen LogP contribution is -1.73. The van der Waals surface area contributed by atoms with Crippen LogP contribution in [0.1, 0.15) is 5.56 Å². The van der Waals surface area contributed by atoms with E-state index in [4.69, 9.17) is 23.2 Å². The molecule has 2 aromatic rings. The number of H-pyrrole nitrogens is 1. The average molecular weight is 200 g/mol. The third-order valence-electron chi connectivity index (χ3n) is 1.88. The number of halogens is 2. The van der Waals surface area contributed by atoms with Crippen molar-refractivity contribution in [3.63, 3.8) is 0 Å². The number of alkyl halides is 1. The fraction of sp³-hybridized carbons (Fsp3) is 0.111. The van der Waals surface area contributed by atoms with Crippen LogP contribution in [0.15, 0.2) is 24.4 Å². The highest BCUT2D eigenvalue weighted by Crippen LogP contribution is 2.27. The molecule has 0 unspecified atom stereocenters. The minimum atomic E-state index is 0.490. The number of aromatic amines is 1. The van der Waals surface area contributed by atoms with Crippen LogP contribution >= 0.6 is 23.2 Å². The van der Waals surface area contributed by atoms with Crippen LogP contribution in [0.3, 0.4) is 0 Å². The average Bonchev–Trinajstić information content (AvgIpc) is 2.49. The first kappa shape index (κ1) is 7.96. The normalized spacial score (nSPS) is 10.8. The summed E-state index contributed by atoms with van der Waals surface area (Å²) in [4.78, 5) is 3.11. The van der Waals surface area contributed by atoms with E-state index in [2.05, 4.69) is 4.98 Å². The molecule has 1 heterocycles. The molecule has 0 aliphatic carbocycles. The van der Waals surface area contributed by atoms with E-state index in [-0.39, 0.29) is 0 Å². The Bertz CT molecular complexity index is 406. The zero-order chi connectivity index (χ0) is 8.55. The number of rotatable bonds is 1. The molecule has 12 heavy (non-hydrogen) atoms. The van der Waals surface area contributed by atoms with Gasteiger partial charge in [-0.3, -0.25) is 0 Å². The van der Waals surface area contributed by atoms with Gasteiger partial charge in [0.25, 0.3) is 0 Å². The highest BCUT2D eigenvalue weighted by Gasteiger charge is 2.04. The lowest BCUT2D eigenvalue weighted by atomic mass is 10.2. The van der Waals surface area contributed by atoms with E-state index < -0.39 is 0 Å². The molecule has 0 spiro atoms. The van der Waals surface area contributed by atoms with E-state index in [1.54, 1.807) is 0 Å². The summed E-state index contributed by atoms with van der Waals surface area (Å²) in [6, 6.07) is 5.77. The van der Waals surface area contributed by atoms with Crippen LogP contribution in [0, 0.1) is 0 Å². The number of fused-ring (bicyclic) bond motifs is 1. The fourth-order valence-electron chi connectivity index (χ4n) is 1.31. The molecule has 0 aliphatic rings. The summed E-state index contributed by atoms with van der Waals surface area (Å²) in [6.45, 7) is 0. The minimum absolute atomic E-state index is 0.490. The molecule has 1 aromatic heterocycles. The third kappa shape index (κ3) is 1.10. The van der Waals surface area contributed by atoms with Crippen molar-refractivity contribution in [3.8, 4) is 0 Å². The Hall–Kier alpha value is -0.660. The van der Waals surface area contributed by atoms with Crippen LogP contribution in [-0.4, -0.2) is 4.98 Å². The van der Waals surface area contributed by atoms with E-state index in [9.17, 15) is 0 Å². The second kappa shape index (κ2) is 3.00. The molecule has 0 saturated carbocycles. The van der Waals surface area contributed by atoms with E-state index in [1.807, 2.05) is 24.4 Å². The van der Waals surface area contributed by atoms with Crippen LogP contribution in [0.2, 0.25) is 5.02 Å². The molecule has 1 N–H and O–H groups in total. The smallest absolute Gasteiger partial charge is 0.0503 e. The summed E-state index contributed by atoms with van der Waals surface area (Å²) in [5.41, 5.74) is 2.09. The standard InChI is InChI=1S/C9H7Cl2N/c10-4-6-5-12-8-3-1-2-7(11)9(6)8/h1-3,5,12H,4H2. The first-order chi connectivity index (χ1) is 5.83. The van der Waals surface area contributed by atoms with Gasteiger partial charge < -0.3 is 4.98 Å². The van der Waals surface area contributed by atoms with Gasteiger partial charge in [0.05, 0.1) is 5.02 Å². The molecule has 3 heteroatoms. The summed E-state index contributed by atoms with van der Waals surface area (Å²) >= 11 is 11.7. The predicted molar refractivity (Wildman–Crippen MR) is 52.9 cm³/mol. The van der Waals surface area contributed by atoms with Gasteiger partial charge in [-0.05, 0) is 17.7 Å². The summed E-state index contributed by atoms with van der Waals surface area (Å²) < 4.78 is 0. The lowest BCUT2D eigenvalue weighted by Gasteiger charge is -1.95. The molecule has 0 radical (unpaired) electrons. The second-order valence-corrected chi connectivity index (χ2v) is 3.28. The molecular formula is C9H7Cl2N. The quantitative estimate of drug-likeness (QED) is 0.677. The summed E-state index contributed by atoms with van der Waals surface area (Å²) in [5, 5.41) is 1.79. The molecule has 1 nitrogen and oxygen atoms in total. The van der Waals surface area contributed by atoms with Gasteiger partial charge >= 0.3 is 0 Å². The van der Waals surface area contributed by atoms with Crippen LogP contribution < -0.4 is 0 Å². The molecule has 2 rings (SSSR count). The fourth-order valence-corrected chi connectivity index (χ4v) is 1.82. The number of aromatic nitrogens is 1. The van der Waals surface area contributed by atoms with Crippen molar-refractivity contribution in [3.05, 3.63) is 35.0 Å². The number of benzene rings is 1. The van der Waals surface area contributed by atoms with E-state index in [0.29, 0.717) is 5.88 Å². The molecule has 0 fully saturated rings. The van der Waals surface area contributed by atoms with Crippen molar-refractivity contribution < 1.29 is 0 Å². The van der Waals surface area contributed by atoms with Crippen molar-refractivity contribution >= 4 is 34.1 Å². The van der Waals surface area contributed by atoms with E-state index in [0.717, 1.165) is 21.5 Å². The highest BCUT2D eigenvalue weighted by molar-refractivity contribution is 6.36. The highest BCUT2D eigenvalue weighted by atomic mass is 35.5. The predicted octanol–water partition coefficient (Wildman–Crippen LogP) is 3.56. The van der Waals surface area contributed by atoms with E-state index in [1.165, 1.54) is 0 Å². The molecule has 0 amide bonds. The molecule has 0 bridgehead atoms. The third-order valence-corrected chi connectivity index (χ3v) is 2.48. The van der Waals surface area contributed by atoms with Gasteiger partial charge in [-0.25, -0.2) is 0 Å². The second-order valence-electron chi connectivity index (χ2n) is 2.61. The monoisotopic (exact) mass is 199 g/mol. The largest absolute Gasteiger partial charge is 0.361 e. The van der Waals surface area contributed by atoms with Gasteiger partial charge in [0.1, 0.15) is 0 Å². The van der Waals surface area contributed by atoms with E-state index >= 15 is 0 Å². The van der Waals surface area contributed by atoms with Crippen molar-refractivity contribution in [1.82, 2.24) is 4.98 Å². The topological polar surface area (TPSA) is 15.8 Å². The minimum Gasteiger partial charge on any atom is -0.361 e. The van der Waals surface area contributed by atoms with Crippen LogP contribution in [0.4, 0.5) is 0 Å². The molecular weight excluding hydrogens is 193 g/mol. The molecule has 62 valence electrons. The Morgan fingerprint density at radius 3 is 2.92 bits per heavy atom. The first-order valence-electron chi connectivity index (χ1n) is 3.63. The Balaban J connectivity index is 2.83. The zero-order valence-corrected chi connectivity index (χ0v) is 7.78. The van der Waals surface area contributed by atoms with Gasteiger partial charge in [0, 0.05) is 23.0 Å². The summed E-state index contributed by atoms with van der Waals surface area (Å²) in [6.07, 6.45) is 1.89. The molecule has 0 saturated heterocycles. The van der Waals surface area contributed by atoms with Gasteiger partial charge in [-0.1, -0.05) is 17.7 Å². The van der Waals surface area contributed by atoms with Crippen molar-refractivity contribution in [1.29, 1.82) is 0 Å². The maximum Gasteiger partial charge on any atom is 0.0503 e. The Kier molecular flexibility index (Phi) is 1.99. The van der Waals surface area contributed by atoms with Crippen molar-refractivity contribution in [2.24, 2.45) is 0 Å². The number of hydrogen-bond donors (Lipinski definition) is 1. The van der Waals surface area contributed by atoms with Gasteiger partial charge in [0.2, 0.25) is 0 Å². The van der Waals surface area contributed by atoms with Gasteiger partial charge in [-0.15, -0.1) is 11.6 Å². The molecule has 1 aromatic carbocycles. The summed E-state index contributed by atoms with van der Waals surface area (Å²) in [7, 11) is 0. The van der Waals surface area contributed by atoms with Crippen LogP contribution in [-0.2, 0) is 5.88 Å². The Morgan fingerprint density at radius 2 is 2.17 bits per heavy atom. The van der Waals surface area contributed by atoms with Gasteiger partial charge in [0.15, 0.2) is 0 Å². The van der Waals surface area contributed by atoms with Crippen molar-refractivity contribution in [2.75, 3.05) is 0 Å². The molecule has 0 aliphatic heterocycles. The van der Waals surface area contributed by atoms with Gasteiger partial charge in [-0.2, -0.15) is 0 Å². The number of hydrogen-bond acceptors (Lipinski definition) is 0. The Morgan fingerprint density at radius 1 is 1.33 bits per heavy atom. The molecule has 0 atom stereocenters. The Labute approximate surface area is 80.3 Å². The first-order valence-corrected chi connectivity index (χ1v) is 4.54. The van der Waals surface area contributed by atoms with Crippen LogP contribution in [0.25, 0.3) is 10.9 Å². The number of nitrogens with one attached hydrogen (secondary N) is 1. The maximum absolute atomic E-state index is 6.00. The SMILES string of the molecule is ClCc1c[nH]c2cccc(Cl)c12. The summed E-state index contributed by atoms with van der Waals surface area (Å²) in [5.74, 6) is 0.490. The zero-order valence-electron chi connectivity index (χ0n) is 6.27. The maximum atomic E-state index is 6.00.